The highest BCUT2D eigenvalue weighted by Crippen LogP contribution is 2.33. The van der Waals surface area contributed by atoms with Gasteiger partial charge in [-0.05, 0) is 31.0 Å². The molecule has 3 heterocycles. The molecule has 1 aliphatic rings. The number of hydrogen-bond acceptors (Lipinski definition) is 5. The van der Waals surface area contributed by atoms with Gasteiger partial charge in [-0.1, -0.05) is 6.92 Å². The van der Waals surface area contributed by atoms with Gasteiger partial charge in [0.25, 0.3) is 0 Å². The predicted molar refractivity (Wildman–Crippen MR) is 81.6 cm³/mol. The first-order valence-corrected chi connectivity index (χ1v) is 7.80. The molecule has 0 aliphatic carbocycles. The molecule has 20 heavy (non-hydrogen) atoms. The van der Waals surface area contributed by atoms with E-state index in [1.54, 1.807) is 11.3 Å². The van der Waals surface area contributed by atoms with Crippen LogP contribution in [0.4, 0.5) is 5.82 Å². The molecule has 5 nitrogen and oxygen atoms in total. The standard InChI is InChI=1S/C13H15ClN4OS/c1-3-8-6-9-10(16-13(14)17-12(9)20-8)18-5-4-15-11(19)7(18)2/h6-7H,3-5H2,1-2H3,(H,15,19). The van der Waals surface area contributed by atoms with Gasteiger partial charge in [0.05, 0.1) is 5.39 Å². The first kappa shape index (κ1) is 13.6. The molecular formula is C13H15ClN4OS. The van der Waals surface area contributed by atoms with Crippen LogP contribution < -0.4 is 10.2 Å². The van der Waals surface area contributed by atoms with Gasteiger partial charge in [-0.2, -0.15) is 4.98 Å². The monoisotopic (exact) mass is 310 g/mol. The minimum absolute atomic E-state index is 0.0186. The summed E-state index contributed by atoms with van der Waals surface area (Å²) in [6, 6.07) is 1.85. The summed E-state index contributed by atoms with van der Waals surface area (Å²) < 4.78 is 0. The number of amides is 1. The van der Waals surface area contributed by atoms with Crippen LogP contribution in [0.15, 0.2) is 6.07 Å². The largest absolute Gasteiger partial charge is 0.353 e. The molecule has 106 valence electrons. The molecule has 0 bridgehead atoms. The molecule has 0 spiro atoms. The summed E-state index contributed by atoms with van der Waals surface area (Å²) in [6.45, 7) is 5.34. The normalized spacial score (nSPS) is 19.4. The maximum Gasteiger partial charge on any atom is 0.242 e. The maximum atomic E-state index is 11.8. The van der Waals surface area contributed by atoms with E-state index >= 15 is 0 Å². The van der Waals surface area contributed by atoms with E-state index in [9.17, 15) is 4.79 Å². The Hall–Kier alpha value is -1.40. The Morgan fingerprint density at radius 3 is 3.10 bits per heavy atom. The number of piperazine rings is 1. The van der Waals surface area contributed by atoms with Crippen LogP contribution in [0.25, 0.3) is 10.2 Å². The molecule has 1 saturated heterocycles. The number of fused-ring (bicyclic) bond motifs is 1. The molecule has 1 fully saturated rings. The van der Waals surface area contributed by atoms with Crippen LogP contribution in [0.2, 0.25) is 5.28 Å². The predicted octanol–water partition coefficient (Wildman–Crippen LogP) is 2.23. The van der Waals surface area contributed by atoms with Crippen molar-refractivity contribution in [3.8, 4) is 0 Å². The van der Waals surface area contributed by atoms with Gasteiger partial charge < -0.3 is 10.2 Å². The Morgan fingerprint density at radius 1 is 1.55 bits per heavy atom. The lowest BCUT2D eigenvalue weighted by atomic mass is 10.2. The smallest absolute Gasteiger partial charge is 0.242 e. The van der Waals surface area contributed by atoms with E-state index in [1.807, 2.05) is 11.8 Å². The van der Waals surface area contributed by atoms with Crippen LogP contribution in [0.5, 0.6) is 0 Å². The quantitative estimate of drug-likeness (QED) is 0.864. The molecule has 0 radical (unpaired) electrons. The van der Waals surface area contributed by atoms with Crippen LogP contribution >= 0.6 is 22.9 Å². The Morgan fingerprint density at radius 2 is 2.35 bits per heavy atom. The SMILES string of the molecule is CCc1cc2c(N3CCNC(=O)C3C)nc(Cl)nc2s1. The van der Waals surface area contributed by atoms with Gasteiger partial charge in [-0.3, -0.25) is 4.79 Å². The van der Waals surface area contributed by atoms with Crippen LogP contribution in [0, 0.1) is 0 Å². The van der Waals surface area contributed by atoms with Crippen LogP contribution in [0.3, 0.4) is 0 Å². The molecule has 2 aromatic rings. The minimum Gasteiger partial charge on any atom is -0.353 e. The van der Waals surface area contributed by atoms with E-state index < -0.39 is 0 Å². The van der Waals surface area contributed by atoms with Crippen molar-refractivity contribution < 1.29 is 4.79 Å². The van der Waals surface area contributed by atoms with Crippen LogP contribution in [-0.4, -0.2) is 35.0 Å². The molecule has 1 amide bonds. The summed E-state index contributed by atoms with van der Waals surface area (Å²) in [5, 5.41) is 4.07. The summed E-state index contributed by atoms with van der Waals surface area (Å²) in [4.78, 5) is 24.6. The number of thiophene rings is 1. The first-order chi connectivity index (χ1) is 9.60. The number of aryl methyl sites for hydroxylation is 1. The van der Waals surface area contributed by atoms with Crippen molar-refractivity contribution in [1.82, 2.24) is 15.3 Å². The van der Waals surface area contributed by atoms with Crippen molar-refractivity contribution in [3.05, 3.63) is 16.2 Å². The Bertz CT molecular complexity index is 672. The minimum atomic E-state index is -0.247. The third kappa shape index (κ3) is 2.23. The molecule has 0 aromatic carbocycles. The third-order valence-electron chi connectivity index (χ3n) is 3.52. The zero-order valence-corrected chi connectivity index (χ0v) is 12.9. The second-order valence-electron chi connectivity index (χ2n) is 4.76. The number of anilines is 1. The number of rotatable bonds is 2. The summed E-state index contributed by atoms with van der Waals surface area (Å²) in [5.74, 6) is 0.781. The number of nitrogens with one attached hydrogen (secondary N) is 1. The van der Waals surface area contributed by atoms with Crippen LogP contribution in [-0.2, 0) is 11.2 Å². The van der Waals surface area contributed by atoms with E-state index in [-0.39, 0.29) is 17.2 Å². The van der Waals surface area contributed by atoms with Gasteiger partial charge in [-0.15, -0.1) is 11.3 Å². The summed E-state index contributed by atoms with van der Waals surface area (Å²) in [5.41, 5.74) is 0. The molecule has 1 atom stereocenters. The molecule has 0 saturated carbocycles. The number of aromatic nitrogens is 2. The number of carbonyl (C=O) groups excluding carboxylic acids is 1. The van der Waals surface area contributed by atoms with Gasteiger partial charge >= 0.3 is 0 Å². The molecule has 1 aliphatic heterocycles. The average Bonchev–Trinajstić information content (AvgIpc) is 2.84. The highest BCUT2D eigenvalue weighted by molar-refractivity contribution is 7.18. The van der Waals surface area contributed by atoms with Gasteiger partial charge in [0.1, 0.15) is 16.7 Å². The van der Waals surface area contributed by atoms with Crippen molar-refractivity contribution in [3.63, 3.8) is 0 Å². The maximum absolute atomic E-state index is 11.8. The lowest BCUT2D eigenvalue weighted by Crippen LogP contribution is -2.54. The molecule has 1 N–H and O–H groups in total. The Balaban J connectivity index is 2.14. The van der Waals surface area contributed by atoms with Crippen molar-refractivity contribution in [2.45, 2.75) is 26.3 Å². The van der Waals surface area contributed by atoms with E-state index in [0.717, 1.165) is 29.0 Å². The number of halogens is 1. The van der Waals surface area contributed by atoms with Gasteiger partial charge in [0.15, 0.2) is 0 Å². The summed E-state index contributed by atoms with van der Waals surface area (Å²) >= 11 is 7.67. The fraction of sp³-hybridized carbons (Fsp3) is 0.462. The zero-order valence-electron chi connectivity index (χ0n) is 11.3. The average molecular weight is 311 g/mol. The highest BCUT2D eigenvalue weighted by atomic mass is 35.5. The van der Waals surface area contributed by atoms with E-state index in [4.69, 9.17) is 11.6 Å². The third-order valence-corrected chi connectivity index (χ3v) is 4.86. The lowest BCUT2D eigenvalue weighted by Gasteiger charge is -2.34. The summed E-state index contributed by atoms with van der Waals surface area (Å²) in [7, 11) is 0. The van der Waals surface area contributed by atoms with Crippen molar-refractivity contribution in [2.24, 2.45) is 0 Å². The highest BCUT2D eigenvalue weighted by Gasteiger charge is 2.28. The van der Waals surface area contributed by atoms with Gasteiger partial charge in [0.2, 0.25) is 11.2 Å². The molecule has 2 aromatic heterocycles. The van der Waals surface area contributed by atoms with E-state index in [0.29, 0.717) is 6.54 Å². The fourth-order valence-corrected chi connectivity index (χ4v) is 3.57. The van der Waals surface area contributed by atoms with Crippen molar-refractivity contribution in [1.29, 1.82) is 0 Å². The van der Waals surface area contributed by atoms with Gasteiger partial charge in [0, 0.05) is 18.0 Å². The van der Waals surface area contributed by atoms with E-state index in [2.05, 4.69) is 28.3 Å². The fourth-order valence-electron chi connectivity index (χ4n) is 2.40. The summed E-state index contributed by atoms with van der Waals surface area (Å²) in [6.07, 6.45) is 0.953. The molecule has 1 unspecified atom stereocenters. The molecule has 7 heteroatoms. The second kappa shape index (κ2) is 5.18. The van der Waals surface area contributed by atoms with Crippen molar-refractivity contribution in [2.75, 3.05) is 18.0 Å². The number of nitrogens with zero attached hydrogens (tertiary/aromatic N) is 3. The lowest BCUT2D eigenvalue weighted by molar-refractivity contribution is -0.122. The Labute approximate surface area is 126 Å². The van der Waals surface area contributed by atoms with Crippen LogP contribution in [0.1, 0.15) is 18.7 Å². The number of carbonyl (C=O) groups is 1. The topological polar surface area (TPSA) is 58.1 Å². The molecule has 3 rings (SSSR count). The van der Waals surface area contributed by atoms with Crippen molar-refractivity contribution >= 4 is 44.9 Å². The molecular weight excluding hydrogens is 296 g/mol. The van der Waals surface area contributed by atoms with E-state index in [1.165, 1.54) is 4.88 Å². The Kier molecular flexibility index (Phi) is 3.52. The first-order valence-electron chi connectivity index (χ1n) is 6.60. The van der Waals surface area contributed by atoms with Gasteiger partial charge in [-0.25, -0.2) is 4.98 Å². The zero-order chi connectivity index (χ0) is 14.3. The number of hydrogen-bond donors (Lipinski definition) is 1. The second-order valence-corrected chi connectivity index (χ2v) is 6.21.